The van der Waals surface area contributed by atoms with E-state index in [0.29, 0.717) is 17.8 Å². The average molecular weight is 340 g/mol. The molecule has 0 spiro atoms. The highest BCUT2D eigenvalue weighted by Gasteiger charge is 2.20. The van der Waals surface area contributed by atoms with Crippen LogP contribution < -0.4 is 10.6 Å². The van der Waals surface area contributed by atoms with Crippen LogP contribution in [0.25, 0.3) is 0 Å². The van der Waals surface area contributed by atoms with E-state index in [1.807, 2.05) is 55.7 Å². The van der Waals surface area contributed by atoms with E-state index in [-0.39, 0.29) is 12.1 Å². The standard InChI is InChI=1S/C19H24N4O2/c1-19(2,3)23-12-15(11-20)10-17(23)22-18(25)21-16(13-24)9-14-7-5-4-6-8-14/h4-8,10,12,16,24H,9,13H2,1-3H3,(H2,21,22,25)/t16-/m0/s1. The number of amides is 2. The van der Waals surface area contributed by atoms with Gasteiger partial charge in [0, 0.05) is 11.7 Å². The third-order valence-electron chi connectivity index (χ3n) is 3.79. The fourth-order valence-corrected chi connectivity index (χ4v) is 2.57. The van der Waals surface area contributed by atoms with Crippen molar-refractivity contribution in [2.45, 2.75) is 38.8 Å². The van der Waals surface area contributed by atoms with Crippen LogP contribution in [-0.4, -0.2) is 28.4 Å². The van der Waals surface area contributed by atoms with Crippen LogP contribution in [0.2, 0.25) is 0 Å². The van der Waals surface area contributed by atoms with Crippen molar-refractivity contribution in [1.82, 2.24) is 9.88 Å². The van der Waals surface area contributed by atoms with Crippen molar-refractivity contribution in [2.75, 3.05) is 11.9 Å². The van der Waals surface area contributed by atoms with Crippen molar-refractivity contribution in [3.63, 3.8) is 0 Å². The van der Waals surface area contributed by atoms with Crippen molar-refractivity contribution in [3.05, 3.63) is 53.7 Å². The number of benzene rings is 1. The number of carbonyl (C=O) groups excluding carboxylic acids is 1. The van der Waals surface area contributed by atoms with Gasteiger partial charge in [-0.1, -0.05) is 30.3 Å². The molecule has 0 saturated heterocycles. The first-order valence-electron chi connectivity index (χ1n) is 8.18. The summed E-state index contributed by atoms with van der Waals surface area (Å²) >= 11 is 0. The van der Waals surface area contributed by atoms with Crippen LogP contribution in [0.5, 0.6) is 0 Å². The third-order valence-corrected chi connectivity index (χ3v) is 3.79. The maximum absolute atomic E-state index is 12.3. The topological polar surface area (TPSA) is 90.1 Å². The maximum Gasteiger partial charge on any atom is 0.320 e. The van der Waals surface area contributed by atoms with E-state index in [9.17, 15) is 9.90 Å². The van der Waals surface area contributed by atoms with Gasteiger partial charge in [-0.05, 0) is 38.8 Å². The first kappa shape index (κ1) is 18.6. The molecular formula is C19H24N4O2. The molecule has 0 aliphatic carbocycles. The van der Waals surface area contributed by atoms with E-state index in [1.54, 1.807) is 12.3 Å². The number of nitrogens with zero attached hydrogens (tertiary/aromatic N) is 2. The van der Waals surface area contributed by atoms with Crippen molar-refractivity contribution < 1.29 is 9.90 Å². The summed E-state index contributed by atoms with van der Waals surface area (Å²) in [7, 11) is 0. The van der Waals surface area contributed by atoms with Crippen molar-refractivity contribution in [2.24, 2.45) is 0 Å². The Morgan fingerprint density at radius 1 is 1.32 bits per heavy atom. The van der Waals surface area contributed by atoms with Gasteiger partial charge in [0.05, 0.1) is 18.2 Å². The first-order chi connectivity index (χ1) is 11.8. The lowest BCUT2D eigenvalue weighted by Crippen LogP contribution is -2.42. The third kappa shape index (κ3) is 5.10. The van der Waals surface area contributed by atoms with Gasteiger partial charge in [-0.15, -0.1) is 0 Å². The van der Waals surface area contributed by atoms with E-state index in [1.165, 1.54) is 0 Å². The van der Waals surface area contributed by atoms with E-state index in [4.69, 9.17) is 5.26 Å². The molecule has 0 saturated carbocycles. The monoisotopic (exact) mass is 340 g/mol. The van der Waals surface area contributed by atoms with E-state index < -0.39 is 12.1 Å². The highest BCUT2D eigenvalue weighted by Crippen LogP contribution is 2.23. The number of rotatable bonds is 5. The summed E-state index contributed by atoms with van der Waals surface area (Å²) in [6, 6.07) is 12.6. The molecule has 1 atom stereocenters. The van der Waals surface area contributed by atoms with Crippen LogP contribution in [0.1, 0.15) is 31.9 Å². The number of aliphatic hydroxyl groups excluding tert-OH is 1. The Labute approximate surface area is 148 Å². The predicted octanol–water partition coefficient (Wildman–Crippen LogP) is 2.84. The second kappa shape index (κ2) is 7.86. The molecule has 6 heteroatoms. The number of anilines is 1. The fraction of sp³-hybridized carbons (Fsp3) is 0.368. The number of nitriles is 1. The number of hydrogen-bond donors (Lipinski definition) is 3. The number of aromatic nitrogens is 1. The second-order valence-electron chi connectivity index (χ2n) is 6.93. The molecule has 0 aliphatic heterocycles. The molecule has 0 aliphatic rings. The summed E-state index contributed by atoms with van der Waals surface area (Å²) in [5.74, 6) is 0.540. The molecule has 0 bridgehead atoms. The molecule has 2 amide bonds. The van der Waals surface area contributed by atoms with Gasteiger partial charge < -0.3 is 15.0 Å². The largest absolute Gasteiger partial charge is 0.394 e. The van der Waals surface area contributed by atoms with Gasteiger partial charge in [0.1, 0.15) is 11.9 Å². The van der Waals surface area contributed by atoms with Gasteiger partial charge in [0.2, 0.25) is 0 Å². The average Bonchev–Trinajstić information content (AvgIpc) is 2.98. The van der Waals surface area contributed by atoms with Gasteiger partial charge in [-0.3, -0.25) is 5.32 Å². The molecule has 6 nitrogen and oxygen atoms in total. The molecule has 1 heterocycles. The van der Waals surface area contributed by atoms with Crippen molar-refractivity contribution >= 4 is 11.8 Å². The lowest BCUT2D eigenvalue weighted by Gasteiger charge is -2.25. The Kier molecular flexibility index (Phi) is 5.84. The summed E-state index contributed by atoms with van der Waals surface area (Å²) in [4.78, 5) is 12.3. The summed E-state index contributed by atoms with van der Waals surface area (Å²) in [6.45, 7) is 5.81. The minimum atomic E-state index is -0.414. The van der Waals surface area contributed by atoms with Crippen molar-refractivity contribution in [3.8, 4) is 6.07 Å². The van der Waals surface area contributed by atoms with Gasteiger partial charge in [-0.2, -0.15) is 5.26 Å². The van der Waals surface area contributed by atoms with Crippen LogP contribution >= 0.6 is 0 Å². The molecule has 2 aromatic rings. The Bertz CT molecular complexity index is 754. The zero-order valence-corrected chi connectivity index (χ0v) is 14.8. The normalized spacial score (nSPS) is 12.3. The van der Waals surface area contributed by atoms with E-state index in [0.717, 1.165) is 5.56 Å². The van der Waals surface area contributed by atoms with Gasteiger partial charge >= 0.3 is 6.03 Å². The minimum Gasteiger partial charge on any atom is -0.394 e. The SMILES string of the molecule is CC(C)(C)n1cc(C#N)cc1NC(=O)N[C@H](CO)Cc1ccccc1. The molecule has 132 valence electrons. The number of hydrogen-bond acceptors (Lipinski definition) is 3. The molecule has 0 radical (unpaired) electrons. The quantitative estimate of drug-likeness (QED) is 0.782. The summed E-state index contributed by atoms with van der Waals surface area (Å²) in [6.07, 6.45) is 2.25. The second-order valence-corrected chi connectivity index (χ2v) is 6.93. The Hall–Kier alpha value is -2.78. The number of urea groups is 1. The van der Waals surface area contributed by atoms with Crippen LogP contribution in [0.3, 0.4) is 0 Å². The summed E-state index contributed by atoms with van der Waals surface area (Å²) in [5, 5.41) is 24.2. The summed E-state index contributed by atoms with van der Waals surface area (Å²) in [5.41, 5.74) is 1.23. The van der Waals surface area contributed by atoms with Gasteiger partial charge in [0.25, 0.3) is 0 Å². The van der Waals surface area contributed by atoms with Crippen molar-refractivity contribution in [1.29, 1.82) is 5.26 Å². The Balaban J connectivity index is 2.06. The van der Waals surface area contributed by atoms with Crippen LogP contribution in [0.15, 0.2) is 42.6 Å². The molecule has 0 fully saturated rings. The zero-order chi connectivity index (χ0) is 18.4. The van der Waals surface area contributed by atoms with Crippen LogP contribution in [0, 0.1) is 11.3 Å². The van der Waals surface area contributed by atoms with E-state index in [2.05, 4.69) is 16.7 Å². The highest BCUT2D eigenvalue weighted by molar-refractivity contribution is 5.89. The number of aliphatic hydroxyl groups is 1. The molecule has 2 rings (SSSR count). The molecular weight excluding hydrogens is 316 g/mol. The maximum atomic E-state index is 12.3. The molecule has 25 heavy (non-hydrogen) atoms. The highest BCUT2D eigenvalue weighted by atomic mass is 16.3. The van der Waals surface area contributed by atoms with E-state index >= 15 is 0 Å². The minimum absolute atomic E-state index is 0.161. The molecule has 1 aromatic carbocycles. The Morgan fingerprint density at radius 3 is 2.56 bits per heavy atom. The fourth-order valence-electron chi connectivity index (χ4n) is 2.57. The van der Waals surface area contributed by atoms with Gasteiger partial charge in [-0.25, -0.2) is 4.79 Å². The Morgan fingerprint density at radius 2 is 2.00 bits per heavy atom. The molecule has 3 N–H and O–H groups in total. The van der Waals surface area contributed by atoms with Crippen LogP contribution in [0.4, 0.5) is 10.6 Å². The molecule has 1 aromatic heterocycles. The van der Waals surface area contributed by atoms with Crippen LogP contribution in [-0.2, 0) is 12.0 Å². The smallest absolute Gasteiger partial charge is 0.320 e. The lowest BCUT2D eigenvalue weighted by atomic mass is 10.1. The molecule has 0 unspecified atom stereocenters. The predicted molar refractivity (Wildman–Crippen MR) is 97.3 cm³/mol. The lowest BCUT2D eigenvalue weighted by molar-refractivity contribution is 0.224. The number of carbonyl (C=O) groups is 1. The first-order valence-corrected chi connectivity index (χ1v) is 8.18. The van der Waals surface area contributed by atoms with Gasteiger partial charge in [0.15, 0.2) is 0 Å². The number of nitrogens with one attached hydrogen (secondary N) is 2. The zero-order valence-electron chi connectivity index (χ0n) is 14.8. The summed E-state index contributed by atoms with van der Waals surface area (Å²) < 4.78 is 1.84.